The average molecular weight is 335 g/mol. The van der Waals surface area contributed by atoms with Crippen LogP contribution in [0.25, 0.3) is 0 Å². The molecule has 5 heteroatoms. The summed E-state index contributed by atoms with van der Waals surface area (Å²) in [5, 5.41) is 11.9. The molecule has 0 aliphatic carbocycles. The molecule has 2 amide bonds. The lowest BCUT2D eigenvalue weighted by molar-refractivity contribution is 0.0492. The van der Waals surface area contributed by atoms with E-state index >= 15 is 0 Å². The molecule has 25 heavy (non-hydrogen) atoms. The van der Waals surface area contributed by atoms with Crippen molar-refractivity contribution in [1.29, 1.82) is 5.26 Å². The topological polar surface area (TPSA) is 65.4 Å². The average Bonchev–Trinajstić information content (AvgIpc) is 2.59. The number of benzene rings is 2. The SMILES string of the molecule is CCc1cccc(OC2CN(C(=O)Nc3ccc(C)c(C#N)c3)C2)c1. The Hall–Kier alpha value is -3.00. The van der Waals surface area contributed by atoms with E-state index in [-0.39, 0.29) is 12.1 Å². The summed E-state index contributed by atoms with van der Waals surface area (Å²) in [6.45, 7) is 5.09. The van der Waals surface area contributed by atoms with E-state index in [9.17, 15) is 4.79 Å². The number of nitrogens with one attached hydrogen (secondary N) is 1. The summed E-state index contributed by atoms with van der Waals surface area (Å²) < 4.78 is 5.91. The highest BCUT2D eigenvalue weighted by molar-refractivity contribution is 5.90. The van der Waals surface area contributed by atoms with Crippen LogP contribution in [0.15, 0.2) is 42.5 Å². The number of nitrogens with zero attached hydrogens (tertiary/aromatic N) is 2. The number of hydrogen-bond donors (Lipinski definition) is 1. The molecular weight excluding hydrogens is 314 g/mol. The molecule has 0 radical (unpaired) electrons. The minimum absolute atomic E-state index is 0.0190. The molecule has 3 rings (SSSR count). The molecular formula is C20H21N3O2. The Balaban J connectivity index is 1.52. The summed E-state index contributed by atoms with van der Waals surface area (Å²) in [5.74, 6) is 0.849. The maximum atomic E-state index is 12.3. The van der Waals surface area contributed by atoms with E-state index in [1.807, 2.05) is 31.2 Å². The van der Waals surface area contributed by atoms with Gasteiger partial charge in [-0.25, -0.2) is 4.79 Å². The Morgan fingerprint density at radius 1 is 1.32 bits per heavy atom. The zero-order valence-corrected chi connectivity index (χ0v) is 14.5. The van der Waals surface area contributed by atoms with Crippen LogP contribution in [0.4, 0.5) is 10.5 Å². The molecule has 1 aliphatic heterocycles. The number of rotatable bonds is 4. The van der Waals surface area contributed by atoms with E-state index in [2.05, 4.69) is 24.4 Å². The smallest absolute Gasteiger partial charge is 0.322 e. The van der Waals surface area contributed by atoms with Crippen LogP contribution in [0, 0.1) is 18.3 Å². The summed E-state index contributed by atoms with van der Waals surface area (Å²) in [4.78, 5) is 13.9. The molecule has 1 aliphatic rings. The van der Waals surface area contributed by atoms with Crippen LogP contribution >= 0.6 is 0 Å². The number of likely N-dealkylation sites (tertiary alicyclic amines) is 1. The monoisotopic (exact) mass is 335 g/mol. The van der Waals surface area contributed by atoms with E-state index in [0.29, 0.717) is 24.3 Å². The second kappa shape index (κ2) is 7.27. The summed E-state index contributed by atoms with van der Waals surface area (Å²) in [7, 11) is 0. The van der Waals surface area contributed by atoms with Gasteiger partial charge in [-0.2, -0.15) is 5.26 Å². The van der Waals surface area contributed by atoms with Crippen molar-refractivity contribution in [2.45, 2.75) is 26.4 Å². The van der Waals surface area contributed by atoms with Crippen LogP contribution in [0.1, 0.15) is 23.6 Å². The first-order valence-corrected chi connectivity index (χ1v) is 8.41. The number of amides is 2. The third kappa shape index (κ3) is 3.92. The standard InChI is InChI=1S/C20H21N3O2/c1-3-15-5-4-6-18(9-15)25-19-12-23(13-19)20(24)22-17-8-7-14(2)16(10-17)11-21/h4-10,19H,3,12-13H2,1-2H3,(H,22,24). The minimum atomic E-state index is -0.171. The lowest BCUT2D eigenvalue weighted by atomic mass is 10.1. The third-order valence-electron chi connectivity index (χ3n) is 4.35. The first-order chi connectivity index (χ1) is 12.1. The normalized spacial score (nSPS) is 13.7. The fraction of sp³-hybridized carbons (Fsp3) is 0.300. The Morgan fingerprint density at radius 3 is 2.84 bits per heavy atom. The highest BCUT2D eigenvalue weighted by Crippen LogP contribution is 2.21. The Bertz CT molecular complexity index is 820. The number of hydrogen-bond acceptors (Lipinski definition) is 3. The summed E-state index contributed by atoms with van der Waals surface area (Å²) in [6, 6.07) is 15.3. The summed E-state index contributed by atoms with van der Waals surface area (Å²) in [5.41, 5.74) is 3.33. The molecule has 1 fully saturated rings. The maximum absolute atomic E-state index is 12.3. The number of ether oxygens (including phenoxy) is 1. The quantitative estimate of drug-likeness (QED) is 0.926. The predicted octanol–water partition coefficient (Wildman–Crippen LogP) is 3.72. The van der Waals surface area contributed by atoms with Crippen molar-refractivity contribution in [3.63, 3.8) is 0 Å². The van der Waals surface area contributed by atoms with E-state index < -0.39 is 0 Å². The molecule has 0 unspecified atom stereocenters. The molecule has 0 spiro atoms. The molecule has 0 saturated carbocycles. The predicted molar refractivity (Wildman–Crippen MR) is 96.7 cm³/mol. The Morgan fingerprint density at radius 2 is 2.12 bits per heavy atom. The molecule has 0 bridgehead atoms. The van der Waals surface area contributed by atoms with Gasteiger partial charge in [0.1, 0.15) is 11.9 Å². The third-order valence-corrected chi connectivity index (χ3v) is 4.35. The van der Waals surface area contributed by atoms with E-state index in [0.717, 1.165) is 17.7 Å². The second-order valence-corrected chi connectivity index (χ2v) is 6.22. The fourth-order valence-electron chi connectivity index (χ4n) is 2.73. The van der Waals surface area contributed by atoms with Crippen molar-refractivity contribution >= 4 is 11.7 Å². The number of carbonyl (C=O) groups excluding carboxylic acids is 1. The highest BCUT2D eigenvalue weighted by atomic mass is 16.5. The van der Waals surface area contributed by atoms with Crippen LogP contribution in [0.2, 0.25) is 0 Å². The lowest BCUT2D eigenvalue weighted by Gasteiger charge is -2.38. The van der Waals surface area contributed by atoms with Gasteiger partial charge < -0.3 is 15.0 Å². The Kier molecular flexibility index (Phi) is 4.90. The molecule has 5 nitrogen and oxygen atoms in total. The summed E-state index contributed by atoms with van der Waals surface area (Å²) >= 11 is 0. The largest absolute Gasteiger partial charge is 0.487 e. The van der Waals surface area contributed by atoms with Crippen molar-refractivity contribution in [1.82, 2.24) is 4.90 Å². The van der Waals surface area contributed by atoms with Gasteiger partial charge >= 0.3 is 6.03 Å². The molecule has 2 aromatic rings. The lowest BCUT2D eigenvalue weighted by Crippen LogP contribution is -2.57. The first kappa shape index (κ1) is 16.8. The number of nitriles is 1. The zero-order chi connectivity index (χ0) is 17.8. The number of aryl methyl sites for hydroxylation is 2. The number of urea groups is 1. The van der Waals surface area contributed by atoms with Crippen LogP contribution in [-0.4, -0.2) is 30.1 Å². The van der Waals surface area contributed by atoms with Crippen molar-refractivity contribution in [2.24, 2.45) is 0 Å². The van der Waals surface area contributed by atoms with E-state index in [4.69, 9.17) is 10.00 Å². The van der Waals surface area contributed by atoms with Gasteiger partial charge in [-0.15, -0.1) is 0 Å². The molecule has 1 heterocycles. The number of anilines is 1. The molecule has 2 aromatic carbocycles. The highest BCUT2D eigenvalue weighted by Gasteiger charge is 2.32. The molecule has 0 aromatic heterocycles. The fourth-order valence-corrected chi connectivity index (χ4v) is 2.73. The van der Waals surface area contributed by atoms with Gasteiger partial charge in [0, 0.05) is 5.69 Å². The summed E-state index contributed by atoms with van der Waals surface area (Å²) in [6.07, 6.45) is 0.989. The van der Waals surface area contributed by atoms with Gasteiger partial charge in [-0.05, 0) is 48.7 Å². The van der Waals surface area contributed by atoms with Crippen molar-refractivity contribution in [3.8, 4) is 11.8 Å². The van der Waals surface area contributed by atoms with Crippen molar-refractivity contribution in [3.05, 3.63) is 59.2 Å². The molecule has 1 N–H and O–H groups in total. The number of carbonyl (C=O) groups is 1. The van der Waals surface area contributed by atoms with Gasteiger partial charge in [-0.1, -0.05) is 25.1 Å². The second-order valence-electron chi connectivity index (χ2n) is 6.22. The minimum Gasteiger partial charge on any atom is -0.487 e. The molecule has 128 valence electrons. The van der Waals surface area contributed by atoms with Gasteiger partial charge in [0.2, 0.25) is 0 Å². The van der Waals surface area contributed by atoms with Gasteiger partial charge in [-0.3, -0.25) is 0 Å². The van der Waals surface area contributed by atoms with Gasteiger partial charge in [0.15, 0.2) is 0 Å². The zero-order valence-electron chi connectivity index (χ0n) is 14.5. The van der Waals surface area contributed by atoms with Crippen LogP contribution < -0.4 is 10.1 Å². The van der Waals surface area contributed by atoms with Crippen LogP contribution in [0.5, 0.6) is 5.75 Å². The van der Waals surface area contributed by atoms with E-state index in [1.165, 1.54) is 5.56 Å². The van der Waals surface area contributed by atoms with Gasteiger partial charge in [0.05, 0.1) is 24.7 Å². The Labute approximate surface area is 147 Å². The molecule has 0 atom stereocenters. The van der Waals surface area contributed by atoms with Gasteiger partial charge in [0.25, 0.3) is 0 Å². The van der Waals surface area contributed by atoms with Crippen LogP contribution in [0.3, 0.4) is 0 Å². The van der Waals surface area contributed by atoms with E-state index in [1.54, 1.807) is 17.0 Å². The first-order valence-electron chi connectivity index (χ1n) is 8.41. The van der Waals surface area contributed by atoms with Crippen molar-refractivity contribution in [2.75, 3.05) is 18.4 Å². The van der Waals surface area contributed by atoms with Crippen LogP contribution in [-0.2, 0) is 6.42 Å². The maximum Gasteiger partial charge on any atom is 0.322 e. The van der Waals surface area contributed by atoms with Crippen molar-refractivity contribution < 1.29 is 9.53 Å². The molecule has 1 saturated heterocycles.